The lowest BCUT2D eigenvalue weighted by Crippen LogP contribution is -2.40. The van der Waals surface area contributed by atoms with Gasteiger partial charge in [-0.15, -0.1) is 11.3 Å². The SMILES string of the molecule is CC(O)C1CCN(C(=O)c2ccc(OCc3cscn3)cc2)CC1. The molecule has 1 aliphatic rings. The highest BCUT2D eigenvalue weighted by Crippen LogP contribution is 2.22. The lowest BCUT2D eigenvalue weighted by molar-refractivity contribution is 0.0521. The van der Waals surface area contributed by atoms with Crippen LogP contribution in [0.3, 0.4) is 0 Å². The van der Waals surface area contributed by atoms with Crippen molar-refractivity contribution in [1.29, 1.82) is 0 Å². The highest BCUT2D eigenvalue weighted by Gasteiger charge is 2.25. The van der Waals surface area contributed by atoms with Gasteiger partial charge in [-0.05, 0) is 49.9 Å². The molecule has 2 heterocycles. The van der Waals surface area contributed by atoms with E-state index in [0.29, 0.717) is 31.2 Å². The molecule has 1 N–H and O–H groups in total. The fourth-order valence-corrected chi connectivity index (χ4v) is 3.47. The van der Waals surface area contributed by atoms with Crippen molar-refractivity contribution in [3.05, 3.63) is 46.4 Å². The van der Waals surface area contributed by atoms with Gasteiger partial charge in [-0.2, -0.15) is 0 Å². The van der Waals surface area contributed by atoms with Crippen molar-refractivity contribution in [2.24, 2.45) is 5.92 Å². The summed E-state index contributed by atoms with van der Waals surface area (Å²) in [5, 5.41) is 11.6. The molecule has 0 spiro atoms. The molecule has 1 amide bonds. The van der Waals surface area contributed by atoms with Gasteiger partial charge in [0, 0.05) is 24.0 Å². The smallest absolute Gasteiger partial charge is 0.253 e. The molecule has 24 heavy (non-hydrogen) atoms. The Bertz CT molecular complexity index is 647. The molecule has 128 valence electrons. The summed E-state index contributed by atoms with van der Waals surface area (Å²) in [6.45, 7) is 3.67. The van der Waals surface area contributed by atoms with Crippen molar-refractivity contribution in [1.82, 2.24) is 9.88 Å². The molecule has 1 aromatic carbocycles. The molecule has 0 aliphatic carbocycles. The molecule has 1 aliphatic heterocycles. The third kappa shape index (κ3) is 4.13. The van der Waals surface area contributed by atoms with E-state index in [0.717, 1.165) is 24.3 Å². The summed E-state index contributed by atoms with van der Waals surface area (Å²) in [4.78, 5) is 18.6. The number of hydrogen-bond donors (Lipinski definition) is 1. The van der Waals surface area contributed by atoms with Crippen LogP contribution in [-0.2, 0) is 6.61 Å². The van der Waals surface area contributed by atoms with E-state index in [9.17, 15) is 9.90 Å². The minimum absolute atomic E-state index is 0.0464. The molecule has 1 fully saturated rings. The van der Waals surface area contributed by atoms with Crippen LogP contribution >= 0.6 is 11.3 Å². The number of aliphatic hydroxyl groups is 1. The average Bonchev–Trinajstić information content (AvgIpc) is 3.13. The zero-order valence-electron chi connectivity index (χ0n) is 13.7. The second kappa shape index (κ2) is 7.77. The van der Waals surface area contributed by atoms with Crippen LogP contribution in [0.25, 0.3) is 0 Å². The predicted octanol–water partition coefficient (Wildman–Crippen LogP) is 2.96. The molecule has 6 heteroatoms. The topological polar surface area (TPSA) is 62.7 Å². The quantitative estimate of drug-likeness (QED) is 0.904. The van der Waals surface area contributed by atoms with E-state index >= 15 is 0 Å². The van der Waals surface area contributed by atoms with Crippen molar-refractivity contribution < 1.29 is 14.6 Å². The molecule has 0 saturated carbocycles. The van der Waals surface area contributed by atoms with Gasteiger partial charge in [0.15, 0.2) is 0 Å². The minimum Gasteiger partial charge on any atom is -0.487 e. The zero-order chi connectivity index (χ0) is 16.9. The van der Waals surface area contributed by atoms with Gasteiger partial charge in [0.25, 0.3) is 5.91 Å². The van der Waals surface area contributed by atoms with Crippen LogP contribution in [0, 0.1) is 5.92 Å². The van der Waals surface area contributed by atoms with E-state index in [2.05, 4.69) is 4.98 Å². The Morgan fingerprint density at radius 1 is 1.38 bits per heavy atom. The summed E-state index contributed by atoms with van der Waals surface area (Å²) in [5.74, 6) is 1.08. The number of likely N-dealkylation sites (tertiary alicyclic amines) is 1. The number of piperidine rings is 1. The van der Waals surface area contributed by atoms with Crippen molar-refractivity contribution >= 4 is 17.2 Å². The average molecular weight is 346 g/mol. The van der Waals surface area contributed by atoms with Gasteiger partial charge in [-0.25, -0.2) is 4.98 Å². The molecule has 1 aromatic heterocycles. The van der Waals surface area contributed by atoms with Crippen LogP contribution in [0.1, 0.15) is 35.8 Å². The number of aliphatic hydroxyl groups excluding tert-OH is 1. The summed E-state index contributed by atoms with van der Waals surface area (Å²) < 4.78 is 5.66. The highest BCUT2D eigenvalue weighted by atomic mass is 32.1. The summed E-state index contributed by atoms with van der Waals surface area (Å²) in [6, 6.07) is 7.25. The first-order valence-corrected chi connectivity index (χ1v) is 9.15. The first-order chi connectivity index (χ1) is 11.6. The second-order valence-electron chi connectivity index (χ2n) is 6.16. The number of aromatic nitrogens is 1. The molecule has 5 nitrogen and oxygen atoms in total. The van der Waals surface area contributed by atoms with Crippen LogP contribution in [0.5, 0.6) is 5.75 Å². The van der Waals surface area contributed by atoms with E-state index in [-0.39, 0.29) is 12.0 Å². The number of hydrogen-bond acceptors (Lipinski definition) is 5. The van der Waals surface area contributed by atoms with E-state index in [1.165, 1.54) is 0 Å². The highest BCUT2D eigenvalue weighted by molar-refractivity contribution is 7.07. The Morgan fingerprint density at radius 2 is 2.08 bits per heavy atom. The summed E-state index contributed by atoms with van der Waals surface area (Å²) in [6.07, 6.45) is 1.42. The van der Waals surface area contributed by atoms with Gasteiger partial charge < -0.3 is 14.7 Å². The normalized spacial score (nSPS) is 16.8. The number of amides is 1. The van der Waals surface area contributed by atoms with Crippen molar-refractivity contribution in [3.63, 3.8) is 0 Å². The van der Waals surface area contributed by atoms with Crippen LogP contribution in [-0.4, -0.2) is 40.1 Å². The van der Waals surface area contributed by atoms with E-state index in [1.54, 1.807) is 29.0 Å². The molecule has 2 aromatic rings. The van der Waals surface area contributed by atoms with Crippen LogP contribution in [0.2, 0.25) is 0 Å². The Hall–Kier alpha value is -1.92. The first kappa shape index (κ1) is 16.9. The Balaban J connectivity index is 1.54. The lowest BCUT2D eigenvalue weighted by Gasteiger charge is -2.33. The Morgan fingerprint density at radius 3 is 2.67 bits per heavy atom. The number of carbonyl (C=O) groups is 1. The van der Waals surface area contributed by atoms with Gasteiger partial charge in [-0.3, -0.25) is 4.79 Å². The first-order valence-electron chi connectivity index (χ1n) is 8.21. The summed E-state index contributed by atoms with van der Waals surface area (Å²) >= 11 is 1.54. The van der Waals surface area contributed by atoms with Gasteiger partial charge in [0.2, 0.25) is 0 Å². The molecule has 0 radical (unpaired) electrons. The largest absolute Gasteiger partial charge is 0.487 e. The number of thiazole rings is 1. The van der Waals surface area contributed by atoms with Crippen molar-refractivity contribution in [2.75, 3.05) is 13.1 Å². The number of rotatable bonds is 5. The number of ether oxygens (including phenoxy) is 1. The molecule has 1 unspecified atom stereocenters. The molecule has 3 rings (SSSR count). The maximum Gasteiger partial charge on any atom is 0.253 e. The maximum atomic E-state index is 12.5. The zero-order valence-corrected chi connectivity index (χ0v) is 14.5. The van der Waals surface area contributed by atoms with Gasteiger partial charge in [-0.1, -0.05) is 0 Å². The molecule has 0 bridgehead atoms. The Kier molecular flexibility index (Phi) is 5.48. The van der Waals surface area contributed by atoms with Crippen LogP contribution in [0.4, 0.5) is 0 Å². The summed E-state index contributed by atoms with van der Waals surface area (Å²) in [5.41, 5.74) is 3.36. The molecular weight excluding hydrogens is 324 g/mol. The van der Waals surface area contributed by atoms with Crippen LogP contribution < -0.4 is 4.74 Å². The van der Waals surface area contributed by atoms with E-state index < -0.39 is 0 Å². The number of nitrogens with zero attached hydrogens (tertiary/aromatic N) is 2. The third-order valence-electron chi connectivity index (χ3n) is 4.48. The summed E-state index contributed by atoms with van der Waals surface area (Å²) in [7, 11) is 0. The molecule has 1 saturated heterocycles. The lowest BCUT2D eigenvalue weighted by atomic mass is 9.92. The molecular formula is C18H22N2O3S. The maximum absolute atomic E-state index is 12.5. The van der Waals surface area contributed by atoms with Gasteiger partial charge in [0.1, 0.15) is 12.4 Å². The minimum atomic E-state index is -0.295. The fourth-order valence-electron chi connectivity index (χ4n) is 2.93. The van der Waals surface area contributed by atoms with Crippen LogP contribution in [0.15, 0.2) is 35.2 Å². The number of carbonyl (C=O) groups excluding carboxylic acids is 1. The van der Waals surface area contributed by atoms with Crippen molar-refractivity contribution in [3.8, 4) is 5.75 Å². The molecule has 1 atom stereocenters. The Labute approximate surface area is 145 Å². The number of benzene rings is 1. The van der Waals surface area contributed by atoms with Gasteiger partial charge in [0.05, 0.1) is 17.3 Å². The third-order valence-corrected chi connectivity index (χ3v) is 5.12. The monoisotopic (exact) mass is 346 g/mol. The second-order valence-corrected chi connectivity index (χ2v) is 6.88. The van der Waals surface area contributed by atoms with E-state index in [4.69, 9.17) is 4.74 Å². The predicted molar refractivity (Wildman–Crippen MR) is 93.2 cm³/mol. The fraction of sp³-hybridized carbons (Fsp3) is 0.444. The van der Waals surface area contributed by atoms with Crippen molar-refractivity contribution in [2.45, 2.75) is 32.5 Å². The van der Waals surface area contributed by atoms with Gasteiger partial charge >= 0.3 is 0 Å². The van der Waals surface area contributed by atoms with E-state index in [1.807, 2.05) is 29.3 Å². The standard InChI is InChI=1S/C18H22N2O3S/c1-13(21)14-6-8-20(9-7-14)18(22)15-2-4-17(5-3-15)23-10-16-11-24-12-19-16/h2-5,11-14,21H,6-10H2,1H3.